The van der Waals surface area contributed by atoms with E-state index in [-0.39, 0.29) is 11.6 Å². The molecule has 0 saturated carbocycles. The third-order valence-corrected chi connectivity index (χ3v) is 5.77. The molecule has 7 nitrogen and oxygen atoms in total. The van der Waals surface area contributed by atoms with Gasteiger partial charge in [-0.05, 0) is 41.9 Å². The molecule has 1 heterocycles. The number of amides is 1. The van der Waals surface area contributed by atoms with Crippen molar-refractivity contribution in [3.8, 4) is 0 Å². The van der Waals surface area contributed by atoms with Crippen LogP contribution in [0.25, 0.3) is 0 Å². The summed E-state index contributed by atoms with van der Waals surface area (Å²) in [6, 6.07) is 12.1. The molecule has 1 fully saturated rings. The van der Waals surface area contributed by atoms with E-state index in [4.69, 9.17) is 23.8 Å². The Morgan fingerprint density at radius 2 is 1.77 bits per heavy atom. The minimum atomic E-state index is -0.428. The third kappa shape index (κ3) is 4.88. The first-order valence-electron chi connectivity index (χ1n) is 9.66. The Morgan fingerprint density at radius 1 is 1.13 bits per heavy atom. The second-order valence-corrected chi connectivity index (χ2v) is 8.17. The molecule has 2 aromatic rings. The molecule has 9 heteroatoms. The highest BCUT2D eigenvalue weighted by molar-refractivity contribution is 7.80. The van der Waals surface area contributed by atoms with E-state index in [1.807, 2.05) is 21.9 Å². The number of nitro benzene ring substituents is 1. The molecular weight excluding hydrogens is 424 g/mol. The number of anilines is 1. The lowest BCUT2D eigenvalue weighted by molar-refractivity contribution is -0.384. The molecule has 1 aliphatic rings. The van der Waals surface area contributed by atoms with E-state index < -0.39 is 4.92 Å². The Hall–Kier alpha value is -2.71. The quantitative estimate of drug-likeness (QED) is 0.430. The first-order chi connectivity index (χ1) is 14.3. The molecule has 0 spiro atoms. The van der Waals surface area contributed by atoms with Gasteiger partial charge in [0.1, 0.15) is 5.69 Å². The van der Waals surface area contributed by atoms with E-state index in [1.165, 1.54) is 11.6 Å². The second kappa shape index (κ2) is 9.40. The molecule has 2 aromatic carbocycles. The predicted octanol–water partition coefficient (Wildman–Crippen LogP) is 4.21. The van der Waals surface area contributed by atoms with Crippen LogP contribution in [0.15, 0.2) is 42.5 Å². The van der Waals surface area contributed by atoms with Crippen LogP contribution in [0.1, 0.15) is 35.7 Å². The van der Waals surface area contributed by atoms with Gasteiger partial charge in [0.15, 0.2) is 5.11 Å². The van der Waals surface area contributed by atoms with Gasteiger partial charge >= 0.3 is 0 Å². The molecule has 0 radical (unpaired) electrons. The van der Waals surface area contributed by atoms with Gasteiger partial charge in [0.05, 0.1) is 9.95 Å². The molecule has 0 aromatic heterocycles. The van der Waals surface area contributed by atoms with Gasteiger partial charge in [-0.2, -0.15) is 0 Å². The molecule has 158 valence electrons. The van der Waals surface area contributed by atoms with E-state index >= 15 is 0 Å². The number of hydrogen-bond acceptors (Lipinski definition) is 5. The first-order valence-corrected chi connectivity index (χ1v) is 10.4. The molecular formula is C21H23ClN4O3S. The van der Waals surface area contributed by atoms with Crippen LogP contribution in [0.4, 0.5) is 11.4 Å². The molecule has 1 aliphatic heterocycles. The number of nitrogens with zero attached hydrogens (tertiary/aromatic N) is 3. The Morgan fingerprint density at radius 3 is 2.33 bits per heavy atom. The van der Waals surface area contributed by atoms with Crippen LogP contribution in [0.5, 0.6) is 0 Å². The summed E-state index contributed by atoms with van der Waals surface area (Å²) >= 11 is 11.6. The van der Waals surface area contributed by atoms with Crippen molar-refractivity contribution in [2.45, 2.75) is 19.8 Å². The van der Waals surface area contributed by atoms with Crippen molar-refractivity contribution in [1.82, 2.24) is 10.2 Å². The number of para-hydroxylation sites is 1. The number of hydrogen-bond donors (Lipinski definition) is 1. The van der Waals surface area contributed by atoms with Crippen LogP contribution >= 0.6 is 23.8 Å². The van der Waals surface area contributed by atoms with E-state index in [2.05, 4.69) is 19.2 Å². The summed E-state index contributed by atoms with van der Waals surface area (Å²) < 4.78 is 0. The Kier molecular flexibility index (Phi) is 6.89. The maximum atomic E-state index is 12.5. The average Bonchev–Trinajstić information content (AvgIpc) is 2.73. The zero-order chi connectivity index (χ0) is 21.8. The second-order valence-electron chi connectivity index (χ2n) is 7.37. The van der Waals surface area contributed by atoms with Gasteiger partial charge in [-0.25, -0.2) is 0 Å². The summed E-state index contributed by atoms with van der Waals surface area (Å²) in [6.45, 7) is 6.25. The lowest BCUT2D eigenvalue weighted by Crippen LogP contribution is -2.52. The molecule has 1 N–H and O–H groups in total. The van der Waals surface area contributed by atoms with Gasteiger partial charge in [-0.3, -0.25) is 20.2 Å². The van der Waals surface area contributed by atoms with Crippen molar-refractivity contribution < 1.29 is 9.72 Å². The summed E-state index contributed by atoms with van der Waals surface area (Å²) in [5.74, 6) is 0.146. The monoisotopic (exact) mass is 446 g/mol. The van der Waals surface area contributed by atoms with E-state index in [9.17, 15) is 14.9 Å². The fourth-order valence-corrected chi connectivity index (χ4v) is 3.93. The molecule has 0 bridgehead atoms. The smallest absolute Gasteiger partial charge is 0.294 e. The minimum Gasteiger partial charge on any atom is -0.361 e. The van der Waals surface area contributed by atoms with Crippen LogP contribution in [-0.2, 0) is 0 Å². The lowest BCUT2D eigenvalue weighted by atomic mass is 10.0. The number of rotatable bonds is 4. The average molecular weight is 447 g/mol. The highest BCUT2D eigenvalue weighted by Crippen LogP contribution is 2.35. The normalized spacial score (nSPS) is 14.0. The number of piperazine rings is 1. The molecule has 0 aliphatic carbocycles. The lowest BCUT2D eigenvalue weighted by Gasteiger charge is -2.37. The minimum absolute atomic E-state index is 0.0170. The fourth-order valence-electron chi connectivity index (χ4n) is 3.37. The summed E-state index contributed by atoms with van der Waals surface area (Å²) in [6.07, 6.45) is 0. The van der Waals surface area contributed by atoms with Gasteiger partial charge in [0.2, 0.25) is 0 Å². The van der Waals surface area contributed by atoms with Crippen LogP contribution in [-0.4, -0.2) is 47.0 Å². The summed E-state index contributed by atoms with van der Waals surface area (Å²) in [7, 11) is 0. The number of benzene rings is 2. The Labute approximate surface area is 185 Å². The van der Waals surface area contributed by atoms with Crippen LogP contribution < -0.4 is 10.2 Å². The molecule has 0 unspecified atom stereocenters. The highest BCUT2D eigenvalue weighted by atomic mass is 35.5. The summed E-state index contributed by atoms with van der Waals surface area (Å²) in [5.41, 5.74) is 2.12. The number of nitro groups is 1. The number of carbonyl (C=O) groups excluding carboxylic acids is 1. The van der Waals surface area contributed by atoms with E-state index in [0.29, 0.717) is 53.5 Å². The van der Waals surface area contributed by atoms with Gasteiger partial charge in [-0.1, -0.05) is 43.6 Å². The Balaban J connectivity index is 1.61. The maximum absolute atomic E-state index is 12.5. The largest absolute Gasteiger partial charge is 0.361 e. The topological polar surface area (TPSA) is 78.7 Å². The Bertz CT molecular complexity index is 957. The number of halogens is 1. The van der Waals surface area contributed by atoms with E-state index in [1.54, 1.807) is 24.3 Å². The third-order valence-electron chi connectivity index (χ3n) is 5.11. The summed E-state index contributed by atoms with van der Waals surface area (Å²) in [5, 5.41) is 14.8. The van der Waals surface area contributed by atoms with Crippen molar-refractivity contribution >= 4 is 46.2 Å². The molecule has 1 saturated heterocycles. The van der Waals surface area contributed by atoms with Crippen LogP contribution in [0.3, 0.4) is 0 Å². The highest BCUT2D eigenvalue weighted by Gasteiger charge is 2.27. The molecule has 0 atom stereocenters. The van der Waals surface area contributed by atoms with Crippen LogP contribution in [0.2, 0.25) is 5.02 Å². The van der Waals surface area contributed by atoms with Crippen molar-refractivity contribution in [3.05, 3.63) is 68.7 Å². The van der Waals surface area contributed by atoms with Gasteiger partial charge in [0, 0.05) is 37.8 Å². The zero-order valence-corrected chi connectivity index (χ0v) is 18.4. The molecule has 30 heavy (non-hydrogen) atoms. The first kappa shape index (κ1) is 22.0. The fraction of sp³-hybridized carbons (Fsp3) is 0.333. The number of thiocarbonyl (C=S) groups is 1. The van der Waals surface area contributed by atoms with Crippen LogP contribution in [0, 0.1) is 10.1 Å². The van der Waals surface area contributed by atoms with Gasteiger partial charge in [0.25, 0.3) is 11.6 Å². The number of carbonyl (C=O) groups is 1. The predicted molar refractivity (Wildman–Crippen MR) is 122 cm³/mol. The van der Waals surface area contributed by atoms with Crippen molar-refractivity contribution in [2.75, 3.05) is 31.1 Å². The van der Waals surface area contributed by atoms with E-state index in [0.717, 1.165) is 0 Å². The van der Waals surface area contributed by atoms with Crippen molar-refractivity contribution in [2.24, 2.45) is 0 Å². The van der Waals surface area contributed by atoms with Gasteiger partial charge < -0.3 is 9.80 Å². The number of nitrogens with one attached hydrogen (secondary N) is 1. The molecule has 1 amide bonds. The molecule has 3 rings (SSSR count). The van der Waals surface area contributed by atoms with Gasteiger partial charge in [-0.15, -0.1) is 0 Å². The van der Waals surface area contributed by atoms with Crippen molar-refractivity contribution in [3.63, 3.8) is 0 Å². The maximum Gasteiger partial charge on any atom is 0.294 e. The summed E-state index contributed by atoms with van der Waals surface area (Å²) in [4.78, 5) is 27.2. The standard InChI is InChI=1S/C21H23ClN4O3S/c1-14(2)15-6-8-16(9-7-15)20(27)23-21(30)25-12-10-24(11-13-25)19-17(22)4-3-5-18(19)26(28)29/h3-9,14H,10-13H2,1-2H3,(H,23,27,30). The zero-order valence-electron chi connectivity index (χ0n) is 16.8. The SMILES string of the molecule is CC(C)c1ccc(C(=O)NC(=S)N2CCN(c3c(Cl)cccc3[N+](=O)[O-])CC2)cc1. The van der Waals surface area contributed by atoms with Crippen molar-refractivity contribution in [1.29, 1.82) is 0 Å².